The van der Waals surface area contributed by atoms with E-state index in [1.165, 1.54) is 20.6 Å². The average molecular weight is 1220 g/mol. The Hall–Kier alpha value is -8.68. The molecule has 2 fully saturated rings. The number of rotatable bonds is 28. The van der Waals surface area contributed by atoms with E-state index in [0.717, 1.165) is 85.0 Å². The van der Waals surface area contributed by atoms with E-state index in [9.17, 15) is 28.8 Å². The number of hydrogen-bond donors (Lipinski definition) is 4. The number of ether oxygens (including phenoxy) is 6. The molecule has 0 unspecified atom stereocenters. The SMILES string of the molecule is COC(=O)CNC(=O)C[C@H](CC(C)C)NC(=O)c1cc(-c2c(OC)cccc2OCc2ccccc2)n(C2CCC(C)CC2)n1.COC(=O)CNC(=O)C[C@H](CC(C)C)NC(=O)c1cc(-c2c(OC)cccc2OCc2ccccc2)n(C2CCCCC2)n1. The zero-order valence-corrected chi connectivity index (χ0v) is 53.1. The normalized spacial score (nSPS) is 15.5. The molecule has 2 aliphatic carbocycles. The predicted molar refractivity (Wildman–Crippen MR) is 339 cm³/mol. The fraction of sp³-hybridized carbons (Fsp3) is 0.478. The Morgan fingerprint density at radius 1 is 0.506 bits per heavy atom. The smallest absolute Gasteiger partial charge is 0.325 e. The summed E-state index contributed by atoms with van der Waals surface area (Å²) in [6, 6.07) is 34.2. The van der Waals surface area contributed by atoms with Crippen molar-refractivity contribution in [1.29, 1.82) is 0 Å². The van der Waals surface area contributed by atoms with Gasteiger partial charge in [0.1, 0.15) is 49.3 Å². The molecule has 2 aromatic heterocycles. The minimum atomic E-state index is -0.536. The van der Waals surface area contributed by atoms with Gasteiger partial charge in [0, 0.05) is 24.9 Å². The summed E-state index contributed by atoms with van der Waals surface area (Å²) in [5, 5.41) is 20.9. The van der Waals surface area contributed by atoms with Crippen LogP contribution in [0.4, 0.5) is 0 Å². The molecule has 0 radical (unpaired) electrons. The second-order valence-corrected chi connectivity index (χ2v) is 23.9. The Morgan fingerprint density at radius 3 is 1.28 bits per heavy atom. The van der Waals surface area contributed by atoms with Crippen molar-refractivity contribution < 1.29 is 57.2 Å². The van der Waals surface area contributed by atoms with Crippen LogP contribution in [0.25, 0.3) is 22.5 Å². The molecule has 89 heavy (non-hydrogen) atoms. The number of methoxy groups -OCH3 is 4. The molecule has 2 heterocycles. The Morgan fingerprint density at radius 2 is 0.899 bits per heavy atom. The van der Waals surface area contributed by atoms with Crippen molar-refractivity contribution >= 4 is 35.6 Å². The number of esters is 2. The Labute approximate surface area is 523 Å². The van der Waals surface area contributed by atoms with Crippen LogP contribution >= 0.6 is 0 Å². The van der Waals surface area contributed by atoms with E-state index in [4.69, 9.17) is 29.1 Å². The molecule has 2 aliphatic rings. The Balaban J connectivity index is 0.000000254. The van der Waals surface area contributed by atoms with Gasteiger partial charge >= 0.3 is 11.9 Å². The van der Waals surface area contributed by atoms with E-state index in [1.807, 2.05) is 134 Å². The summed E-state index contributed by atoms with van der Waals surface area (Å²) in [7, 11) is 5.77. The summed E-state index contributed by atoms with van der Waals surface area (Å²) >= 11 is 0. The van der Waals surface area contributed by atoms with E-state index >= 15 is 0 Å². The highest BCUT2D eigenvalue weighted by atomic mass is 16.5. The number of nitrogens with zero attached hydrogens (tertiary/aromatic N) is 4. The fourth-order valence-electron chi connectivity index (χ4n) is 11.5. The monoisotopic (exact) mass is 1220 g/mol. The summed E-state index contributed by atoms with van der Waals surface area (Å²) in [6.07, 6.45) is 10.5. The van der Waals surface area contributed by atoms with Crippen molar-refractivity contribution in [2.75, 3.05) is 41.5 Å². The summed E-state index contributed by atoms with van der Waals surface area (Å²) in [5.74, 6) is 1.11. The van der Waals surface area contributed by atoms with Crippen molar-refractivity contribution in [2.24, 2.45) is 17.8 Å². The summed E-state index contributed by atoms with van der Waals surface area (Å²) in [6.45, 7) is 10.7. The molecule has 4 N–H and O–H groups in total. The van der Waals surface area contributed by atoms with E-state index in [1.54, 1.807) is 26.4 Å². The molecule has 478 valence electrons. The molecule has 4 amide bonds. The second kappa shape index (κ2) is 34.2. The lowest BCUT2D eigenvalue weighted by atomic mass is 9.87. The maximum absolute atomic E-state index is 13.8. The number of amides is 4. The molecule has 20 heteroatoms. The molecule has 2 saturated carbocycles. The molecule has 0 spiro atoms. The third kappa shape index (κ3) is 20.2. The number of benzene rings is 4. The van der Waals surface area contributed by atoms with Gasteiger partial charge in [0.25, 0.3) is 11.8 Å². The highest BCUT2D eigenvalue weighted by Gasteiger charge is 2.31. The molecule has 0 aliphatic heterocycles. The van der Waals surface area contributed by atoms with Crippen molar-refractivity contribution in [1.82, 2.24) is 40.8 Å². The van der Waals surface area contributed by atoms with Crippen molar-refractivity contribution in [2.45, 2.75) is 155 Å². The largest absolute Gasteiger partial charge is 0.496 e. The second-order valence-electron chi connectivity index (χ2n) is 23.9. The maximum Gasteiger partial charge on any atom is 0.325 e. The van der Waals surface area contributed by atoms with Gasteiger partial charge in [0.2, 0.25) is 11.8 Å². The first-order valence-electron chi connectivity index (χ1n) is 31.1. The molecular weight excluding hydrogens is 1130 g/mol. The maximum atomic E-state index is 13.8. The van der Waals surface area contributed by atoms with E-state index in [0.29, 0.717) is 55.0 Å². The van der Waals surface area contributed by atoms with Gasteiger partial charge in [-0.25, -0.2) is 0 Å². The molecule has 0 saturated heterocycles. The van der Waals surface area contributed by atoms with Gasteiger partial charge in [-0.1, -0.05) is 127 Å². The average Bonchev–Trinajstić information content (AvgIpc) is 2.13. The minimum absolute atomic E-state index is 0.0268. The third-order valence-corrected chi connectivity index (χ3v) is 16.0. The van der Waals surface area contributed by atoms with Crippen LogP contribution in [-0.2, 0) is 41.9 Å². The van der Waals surface area contributed by atoms with Crippen LogP contribution in [0.2, 0.25) is 0 Å². The predicted octanol–water partition coefficient (Wildman–Crippen LogP) is 11.2. The van der Waals surface area contributed by atoms with E-state index in [-0.39, 0.29) is 84.9 Å². The van der Waals surface area contributed by atoms with Crippen molar-refractivity contribution in [3.8, 4) is 45.5 Å². The van der Waals surface area contributed by atoms with Gasteiger partial charge < -0.3 is 49.7 Å². The van der Waals surface area contributed by atoms with Crippen molar-refractivity contribution in [3.05, 3.63) is 132 Å². The zero-order chi connectivity index (χ0) is 63.8. The number of aromatic nitrogens is 4. The Bertz CT molecular complexity index is 3260. The molecule has 4 aromatic carbocycles. The number of carbonyl (C=O) groups excluding carboxylic acids is 6. The van der Waals surface area contributed by atoms with Gasteiger partial charge in [-0.05, 0) is 117 Å². The minimum Gasteiger partial charge on any atom is -0.496 e. The van der Waals surface area contributed by atoms with E-state index < -0.39 is 24.0 Å². The number of hydrogen-bond acceptors (Lipinski definition) is 14. The molecule has 6 aromatic rings. The highest BCUT2D eigenvalue weighted by molar-refractivity contribution is 5.96. The molecule has 8 rings (SSSR count). The van der Waals surface area contributed by atoms with Crippen LogP contribution in [0.3, 0.4) is 0 Å². The van der Waals surface area contributed by atoms with Gasteiger partial charge in [-0.2, -0.15) is 10.2 Å². The zero-order valence-electron chi connectivity index (χ0n) is 53.1. The third-order valence-electron chi connectivity index (χ3n) is 16.0. The number of carbonyl (C=O) groups is 6. The van der Waals surface area contributed by atoms with Gasteiger partial charge in [0.15, 0.2) is 11.4 Å². The van der Waals surface area contributed by atoms with Crippen LogP contribution in [0.5, 0.6) is 23.0 Å². The van der Waals surface area contributed by atoms with Gasteiger partial charge in [-0.3, -0.25) is 38.1 Å². The lowest BCUT2D eigenvalue weighted by molar-refractivity contribution is -0.141. The lowest BCUT2D eigenvalue weighted by Crippen LogP contribution is -2.41. The molecular formula is C69H90N8O12. The van der Waals surface area contributed by atoms with Gasteiger partial charge in [-0.15, -0.1) is 0 Å². The van der Waals surface area contributed by atoms with Crippen LogP contribution in [0, 0.1) is 17.8 Å². The first-order chi connectivity index (χ1) is 43.0. The summed E-state index contributed by atoms with van der Waals surface area (Å²) in [4.78, 5) is 75.6. The van der Waals surface area contributed by atoms with Crippen LogP contribution < -0.4 is 40.2 Å². The van der Waals surface area contributed by atoms with Crippen molar-refractivity contribution in [3.63, 3.8) is 0 Å². The standard InChI is InChI=1S/C35H46N4O6.C34H44N4O6/c1-23(2)18-26(19-32(40)36-21-33(41)44-5)37-35(42)28-20-29(39(38-28)27-16-14-24(3)15-17-27)34-30(43-4)12-9-13-31(34)45-22-25-10-7-6-8-11-25;1-23(2)18-25(19-31(39)35-21-32(40)43-4)36-34(41)27-20-28(38(37-27)26-14-9-6-10-15-26)33-29(42-3)16-11-17-30(33)44-22-24-12-7-5-8-13-24/h6-13,20,23-24,26-27H,14-19,21-22H2,1-5H3,(H,36,40)(H,37,42);5,7-8,11-13,16-17,20,23,25-26H,6,9-10,14-15,18-19,21-22H2,1-4H3,(H,35,39)(H,36,41)/t24?,26-,27?;25-/m00/s1. The first-order valence-corrected chi connectivity index (χ1v) is 31.1. The van der Waals surface area contributed by atoms with Crippen LogP contribution in [-0.4, -0.2) is 109 Å². The highest BCUT2D eigenvalue weighted by Crippen LogP contribution is 2.44. The summed E-state index contributed by atoms with van der Waals surface area (Å²) < 4.78 is 37.5. The molecule has 2 atom stereocenters. The van der Waals surface area contributed by atoms with E-state index in [2.05, 4.69) is 37.7 Å². The topological polar surface area (TPSA) is 242 Å². The van der Waals surface area contributed by atoms with Crippen LogP contribution in [0.1, 0.15) is 162 Å². The lowest BCUT2D eigenvalue weighted by Gasteiger charge is -2.28. The fourth-order valence-corrected chi connectivity index (χ4v) is 11.5. The van der Waals surface area contributed by atoms with Crippen LogP contribution in [0.15, 0.2) is 109 Å². The van der Waals surface area contributed by atoms with Gasteiger partial charge in [0.05, 0.1) is 63.0 Å². The molecule has 20 nitrogen and oxygen atoms in total. The Kier molecular flexibility index (Phi) is 26.0. The molecule has 0 bridgehead atoms. The first kappa shape index (κ1) is 67.8. The summed E-state index contributed by atoms with van der Waals surface area (Å²) in [5.41, 5.74) is 5.56. The number of nitrogens with one attached hydrogen (secondary N) is 4. The quantitative estimate of drug-likeness (QED) is 0.0334.